The summed E-state index contributed by atoms with van der Waals surface area (Å²) in [7, 11) is 0. The van der Waals surface area contributed by atoms with Gasteiger partial charge in [0.1, 0.15) is 0 Å². The lowest BCUT2D eigenvalue weighted by atomic mass is 10.1. The van der Waals surface area contributed by atoms with E-state index in [1.165, 1.54) is 37.9 Å². The van der Waals surface area contributed by atoms with Crippen LogP contribution in [-0.4, -0.2) is 36.3 Å². The van der Waals surface area contributed by atoms with E-state index in [9.17, 15) is 9.59 Å². The Kier molecular flexibility index (Phi) is 5.95. The number of likely N-dealkylation sites (tertiary alicyclic amines) is 1. The Morgan fingerprint density at radius 3 is 2.38 bits per heavy atom. The summed E-state index contributed by atoms with van der Waals surface area (Å²) in [4.78, 5) is 28.5. The quantitative estimate of drug-likeness (QED) is 0.849. The fraction of sp³-hybridized carbons (Fsp3) is 0.417. The highest BCUT2D eigenvalue weighted by molar-refractivity contribution is 5.97. The summed E-state index contributed by atoms with van der Waals surface area (Å²) in [6.07, 6.45) is 4.77. The maximum absolute atomic E-state index is 12.6. The largest absolute Gasteiger partial charge is 0.348 e. The number of carbonyl (C=O) groups excluding carboxylic acids is 2. The molecule has 152 valence electrons. The standard InChI is InChI=1S/C24H29N3O2/c1-18(28)27-14-11-21-15-22(9-10-23(21)27)24(29)25-16-19-5-7-20(8-6-19)17-26-12-3-2-4-13-26/h5-10,15H,2-4,11-14,16-17H2,1H3,(H,25,29). The normalized spacial score (nSPS) is 16.5. The van der Waals surface area contributed by atoms with Gasteiger partial charge in [-0.1, -0.05) is 30.7 Å². The average Bonchev–Trinajstić information content (AvgIpc) is 3.17. The molecule has 2 aliphatic heterocycles. The predicted octanol–water partition coefficient (Wildman–Crippen LogP) is 3.51. The minimum absolute atomic E-state index is 0.0460. The van der Waals surface area contributed by atoms with Crippen molar-refractivity contribution in [2.45, 2.75) is 45.7 Å². The van der Waals surface area contributed by atoms with E-state index in [1.54, 1.807) is 17.9 Å². The molecule has 0 aromatic heterocycles. The summed E-state index contributed by atoms with van der Waals surface area (Å²) < 4.78 is 0. The van der Waals surface area contributed by atoms with Gasteiger partial charge in [0.2, 0.25) is 5.91 Å². The van der Waals surface area contributed by atoms with Gasteiger partial charge in [-0.25, -0.2) is 0 Å². The molecule has 1 saturated heterocycles. The van der Waals surface area contributed by atoms with Gasteiger partial charge in [-0.05, 0) is 67.2 Å². The first-order valence-electron chi connectivity index (χ1n) is 10.6. The Hall–Kier alpha value is -2.66. The van der Waals surface area contributed by atoms with E-state index in [0.29, 0.717) is 18.7 Å². The second kappa shape index (κ2) is 8.78. The Bertz CT molecular complexity index is 885. The second-order valence-electron chi connectivity index (χ2n) is 8.10. The Morgan fingerprint density at radius 1 is 0.931 bits per heavy atom. The number of hydrogen-bond acceptors (Lipinski definition) is 3. The van der Waals surface area contributed by atoms with Crippen molar-refractivity contribution in [2.75, 3.05) is 24.5 Å². The van der Waals surface area contributed by atoms with E-state index in [1.807, 2.05) is 12.1 Å². The number of anilines is 1. The van der Waals surface area contributed by atoms with E-state index >= 15 is 0 Å². The number of piperidine rings is 1. The van der Waals surface area contributed by atoms with Crippen molar-refractivity contribution in [1.29, 1.82) is 0 Å². The third-order valence-corrected chi connectivity index (χ3v) is 5.95. The SMILES string of the molecule is CC(=O)N1CCc2cc(C(=O)NCc3ccc(CN4CCCCC4)cc3)ccc21. The third kappa shape index (κ3) is 4.67. The Balaban J connectivity index is 1.32. The van der Waals surface area contributed by atoms with Crippen LogP contribution >= 0.6 is 0 Å². The number of nitrogens with one attached hydrogen (secondary N) is 1. The van der Waals surface area contributed by atoms with Gasteiger partial charge in [-0.3, -0.25) is 14.5 Å². The fourth-order valence-electron chi connectivity index (χ4n) is 4.29. The molecule has 0 atom stereocenters. The van der Waals surface area contributed by atoms with E-state index < -0.39 is 0 Å². The molecule has 5 heteroatoms. The van der Waals surface area contributed by atoms with Crippen molar-refractivity contribution >= 4 is 17.5 Å². The van der Waals surface area contributed by atoms with Gasteiger partial charge in [-0.2, -0.15) is 0 Å². The summed E-state index contributed by atoms with van der Waals surface area (Å²) in [5.41, 5.74) is 5.07. The molecule has 0 bridgehead atoms. The zero-order valence-electron chi connectivity index (χ0n) is 17.1. The van der Waals surface area contributed by atoms with Gasteiger partial charge in [0.05, 0.1) is 0 Å². The zero-order valence-corrected chi connectivity index (χ0v) is 17.1. The highest BCUT2D eigenvalue weighted by Crippen LogP contribution is 2.28. The van der Waals surface area contributed by atoms with Crippen molar-refractivity contribution in [3.8, 4) is 0 Å². The summed E-state index contributed by atoms with van der Waals surface area (Å²) in [6.45, 7) is 6.19. The molecule has 2 heterocycles. The maximum atomic E-state index is 12.6. The summed E-state index contributed by atoms with van der Waals surface area (Å²) in [6, 6.07) is 14.1. The van der Waals surface area contributed by atoms with Crippen molar-refractivity contribution in [3.05, 3.63) is 64.7 Å². The molecule has 0 saturated carbocycles. The van der Waals surface area contributed by atoms with Crippen molar-refractivity contribution in [1.82, 2.24) is 10.2 Å². The summed E-state index contributed by atoms with van der Waals surface area (Å²) in [5, 5.41) is 3.01. The lowest BCUT2D eigenvalue weighted by Crippen LogP contribution is -2.29. The molecular weight excluding hydrogens is 362 g/mol. The topological polar surface area (TPSA) is 52.7 Å². The van der Waals surface area contributed by atoms with Crippen molar-refractivity contribution < 1.29 is 9.59 Å². The van der Waals surface area contributed by atoms with E-state index in [-0.39, 0.29) is 11.8 Å². The van der Waals surface area contributed by atoms with Gasteiger partial charge in [0.25, 0.3) is 5.91 Å². The number of nitrogens with zero attached hydrogens (tertiary/aromatic N) is 2. The van der Waals surface area contributed by atoms with E-state index in [4.69, 9.17) is 0 Å². The van der Waals surface area contributed by atoms with Crippen LogP contribution in [0.1, 0.15) is 53.2 Å². The van der Waals surface area contributed by atoms with Gasteiger partial charge in [0, 0.05) is 37.8 Å². The molecular formula is C24H29N3O2. The summed E-state index contributed by atoms with van der Waals surface area (Å²) in [5.74, 6) is -0.0313. The van der Waals surface area contributed by atoms with Crippen LogP contribution in [0.25, 0.3) is 0 Å². The molecule has 0 aliphatic carbocycles. The van der Waals surface area contributed by atoms with E-state index in [0.717, 1.165) is 29.8 Å². The number of carbonyl (C=O) groups is 2. The zero-order chi connectivity index (χ0) is 20.2. The lowest BCUT2D eigenvalue weighted by molar-refractivity contribution is -0.116. The molecule has 2 aromatic carbocycles. The van der Waals surface area contributed by atoms with Gasteiger partial charge >= 0.3 is 0 Å². The van der Waals surface area contributed by atoms with Gasteiger partial charge in [-0.15, -0.1) is 0 Å². The second-order valence-corrected chi connectivity index (χ2v) is 8.10. The van der Waals surface area contributed by atoms with Crippen LogP contribution in [0, 0.1) is 0 Å². The molecule has 29 heavy (non-hydrogen) atoms. The minimum atomic E-state index is -0.0773. The molecule has 2 aliphatic rings. The predicted molar refractivity (Wildman–Crippen MR) is 115 cm³/mol. The molecule has 1 fully saturated rings. The highest BCUT2D eigenvalue weighted by atomic mass is 16.2. The Labute approximate surface area is 172 Å². The first kappa shape index (κ1) is 19.6. The molecule has 5 nitrogen and oxygen atoms in total. The molecule has 0 spiro atoms. The molecule has 0 unspecified atom stereocenters. The molecule has 1 N–H and O–H groups in total. The first-order valence-corrected chi connectivity index (χ1v) is 10.6. The van der Waals surface area contributed by atoms with Crippen LogP contribution in [0.15, 0.2) is 42.5 Å². The summed E-state index contributed by atoms with van der Waals surface area (Å²) >= 11 is 0. The molecule has 2 aromatic rings. The Morgan fingerprint density at radius 2 is 1.66 bits per heavy atom. The van der Waals surface area contributed by atoms with Gasteiger partial charge < -0.3 is 10.2 Å². The van der Waals surface area contributed by atoms with Crippen LogP contribution in [-0.2, 0) is 24.3 Å². The van der Waals surface area contributed by atoms with Crippen LogP contribution < -0.4 is 10.2 Å². The number of amides is 2. The smallest absolute Gasteiger partial charge is 0.251 e. The van der Waals surface area contributed by atoms with Crippen LogP contribution in [0.2, 0.25) is 0 Å². The monoisotopic (exact) mass is 391 g/mol. The van der Waals surface area contributed by atoms with Crippen LogP contribution in [0.3, 0.4) is 0 Å². The highest BCUT2D eigenvalue weighted by Gasteiger charge is 2.23. The van der Waals surface area contributed by atoms with Crippen molar-refractivity contribution in [3.63, 3.8) is 0 Å². The average molecular weight is 392 g/mol. The first-order chi connectivity index (χ1) is 14.1. The van der Waals surface area contributed by atoms with Crippen molar-refractivity contribution in [2.24, 2.45) is 0 Å². The number of fused-ring (bicyclic) bond motifs is 1. The number of hydrogen-bond donors (Lipinski definition) is 1. The maximum Gasteiger partial charge on any atom is 0.251 e. The number of rotatable bonds is 5. The lowest BCUT2D eigenvalue weighted by Gasteiger charge is -2.26. The minimum Gasteiger partial charge on any atom is -0.348 e. The number of benzene rings is 2. The molecule has 2 amide bonds. The van der Waals surface area contributed by atoms with E-state index in [2.05, 4.69) is 34.5 Å². The fourth-order valence-corrected chi connectivity index (χ4v) is 4.29. The molecule has 4 rings (SSSR count). The van der Waals surface area contributed by atoms with Crippen LogP contribution in [0.4, 0.5) is 5.69 Å². The third-order valence-electron chi connectivity index (χ3n) is 5.95. The van der Waals surface area contributed by atoms with Crippen LogP contribution in [0.5, 0.6) is 0 Å². The molecule has 0 radical (unpaired) electrons. The van der Waals surface area contributed by atoms with Gasteiger partial charge in [0.15, 0.2) is 0 Å².